The maximum atomic E-state index is 9.34. The van der Waals surface area contributed by atoms with Crippen molar-refractivity contribution in [3.8, 4) is 0 Å². The van der Waals surface area contributed by atoms with Crippen molar-refractivity contribution in [2.45, 2.75) is 31.5 Å². The minimum Gasteiger partial charge on any atom is -0.391 e. The molecule has 0 aromatic heterocycles. The summed E-state index contributed by atoms with van der Waals surface area (Å²) in [6, 6.07) is 0. The zero-order chi connectivity index (χ0) is 9.52. The van der Waals surface area contributed by atoms with E-state index in [2.05, 4.69) is 0 Å². The third-order valence-electron chi connectivity index (χ3n) is 2.19. The zero-order valence-electron chi connectivity index (χ0n) is 7.95. The van der Waals surface area contributed by atoms with Crippen LogP contribution in [0, 0.1) is 0 Å². The molecule has 0 unspecified atom stereocenters. The van der Waals surface area contributed by atoms with E-state index in [9.17, 15) is 5.11 Å². The molecule has 13 heavy (non-hydrogen) atoms. The molecule has 78 valence electrons. The lowest BCUT2D eigenvalue weighted by Gasteiger charge is -2.23. The topological polar surface area (TPSA) is 64.7 Å². The molecule has 1 heterocycles. The molecule has 1 aliphatic rings. The van der Waals surface area contributed by atoms with Crippen molar-refractivity contribution in [2.24, 2.45) is 5.73 Å². The minimum absolute atomic E-state index is 0.265. The highest BCUT2D eigenvalue weighted by molar-refractivity contribution is 4.64. The van der Waals surface area contributed by atoms with Crippen LogP contribution in [-0.4, -0.2) is 43.7 Å². The predicted molar refractivity (Wildman–Crippen MR) is 49.5 cm³/mol. The van der Waals surface area contributed by atoms with Crippen LogP contribution in [0.5, 0.6) is 0 Å². The SMILES string of the molecule is NCC[C@H](O)COC1CCOCC1. The molecular formula is C9H19NO3. The molecule has 0 spiro atoms. The van der Waals surface area contributed by atoms with Gasteiger partial charge in [-0.3, -0.25) is 0 Å². The standard InChI is InChI=1S/C9H19NO3/c10-4-1-8(11)7-13-9-2-5-12-6-3-9/h8-9,11H,1-7,10H2/t8-/m0/s1. The Morgan fingerprint density at radius 1 is 1.46 bits per heavy atom. The molecule has 4 heteroatoms. The van der Waals surface area contributed by atoms with Crippen molar-refractivity contribution in [1.82, 2.24) is 0 Å². The van der Waals surface area contributed by atoms with Gasteiger partial charge in [0.1, 0.15) is 0 Å². The highest BCUT2D eigenvalue weighted by Crippen LogP contribution is 2.10. The summed E-state index contributed by atoms with van der Waals surface area (Å²) in [5, 5.41) is 9.34. The van der Waals surface area contributed by atoms with Crippen molar-refractivity contribution in [3.05, 3.63) is 0 Å². The Morgan fingerprint density at radius 3 is 2.77 bits per heavy atom. The normalized spacial score (nSPS) is 21.7. The third kappa shape index (κ3) is 4.57. The molecular weight excluding hydrogens is 170 g/mol. The van der Waals surface area contributed by atoms with E-state index in [0.29, 0.717) is 19.6 Å². The smallest absolute Gasteiger partial charge is 0.0785 e. The number of hydrogen-bond acceptors (Lipinski definition) is 4. The summed E-state index contributed by atoms with van der Waals surface area (Å²) in [5.41, 5.74) is 5.30. The molecule has 0 aliphatic carbocycles. The van der Waals surface area contributed by atoms with Crippen molar-refractivity contribution < 1.29 is 14.6 Å². The molecule has 3 N–H and O–H groups in total. The number of rotatable bonds is 5. The second kappa shape index (κ2) is 6.32. The summed E-state index contributed by atoms with van der Waals surface area (Å²) in [4.78, 5) is 0. The first-order valence-corrected chi connectivity index (χ1v) is 4.90. The van der Waals surface area contributed by atoms with Gasteiger partial charge in [0.25, 0.3) is 0 Å². The highest BCUT2D eigenvalue weighted by atomic mass is 16.5. The Balaban J connectivity index is 2.03. The van der Waals surface area contributed by atoms with Gasteiger partial charge in [0, 0.05) is 13.2 Å². The van der Waals surface area contributed by atoms with Crippen LogP contribution in [0.2, 0.25) is 0 Å². The molecule has 0 bridgehead atoms. The van der Waals surface area contributed by atoms with Crippen LogP contribution in [0.3, 0.4) is 0 Å². The molecule has 1 rings (SSSR count). The Kier molecular flexibility index (Phi) is 5.31. The van der Waals surface area contributed by atoms with Crippen LogP contribution < -0.4 is 5.73 Å². The summed E-state index contributed by atoms with van der Waals surface area (Å²) in [6.45, 7) is 2.47. The minimum atomic E-state index is -0.409. The summed E-state index contributed by atoms with van der Waals surface area (Å²) in [5.74, 6) is 0. The van der Waals surface area contributed by atoms with Crippen molar-refractivity contribution in [2.75, 3.05) is 26.4 Å². The summed E-state index contributed by atoms with van der Waals surface area (Å²) >= 11 is 0. The Bertz CT molecular complexity index is 126. The van der Waals surface area contributed by atoms with E-state index in [0.717, 1.165) is 26.1 Å². The average molecular weight is 189 g/mol. The van der Waals surface area contributed by atoms with Gasteiger partial charge in [-0.15, -0.1) is 0 Å². The average Bonchev–Trinajstić information content (AvgIpc) is 2.17. The lowest BCUT2D eigenvalue weighted by Crippen LogP contribution is -2.28. The number of aliphatic hydroxyl groups excluding tert-OH is 1. The molecule has 0 amide bonds. The molecule has 0 saturated carbocycles. The summed E-state index contributed by atoms with van der Waals surface area (Å²) in [6.07, 6.45) is 2.35. The van der Waals surface area contributed by atoms with Crippen LogP contribution in [0.4, 0.5) is 0 Å². The Hall–Kier alpha value is -0.160. The Labute approximate surface area is 79.0 Å². The van der Waals surface area contributed by atoms with Gasteiger partial charge >= 0.3 is 0 Å². The number of nitrogens with two attached hydrogens (primary N) is 1. The number of hydrogen-bond donors (Lipinski definition) is 2. The summed E-state index contributed by atoms with van der Waals surface area (Å²) < 4.78 is 10.7. The highest BCUT2D eigenvalue weighted by Gasteiger charge is 2.15. The molecule has 0 aromatic rings. The number of aliphatic hydroxyl groups is 1. The lowest BCUT2D eigenvalue weighted by molar-refractivity contribution is -0.0598. The van der Waals surface area contributed by atoms with Gasteiger partial charge in [-0.05, 0) is 25.8 Å². The number of ether oxygens (including phenoxy) is 2. The third-order valence-corrected chi connectivity index (χ3v) is 2.19. The summed E-state index contributed by atoms with van der Waals surface area (Å²) in [7, 11) is 0. The molecule has 1 atom stereocenters. The quantitative estimate of drug-likeness (QED) is 0.633. The first-order chi connectivity index (χ1) is 6.33. The molecule has 1 saturated heterocycles. The van der Waals surface area contributed by atoms with Crippen LogP contribution in [0.1, 0.15) is 19.3 Å². The molecule has 0 aromatic carbocycles. The van der Waals surface area contributed by atoms with Crippen molar-refractivity contribution >= 4 is 0 Å². The van der Waals surface area contributed by atoms with Crippen LogP contribution in [-0.2, 0) is 9.47 Å². The van der Waals surface area contributed by atoms with Crippen LogP contribution in [0.15, 0.2) is 0 Å². The van der Waals surface area contributed by atoms with Crippen LogP contribution >= 0.6 is 0 Å². The predicted octanol–water partition coefficient (Wildman–Crippen LogP) is -0.108. The zero-order valence-corrected chi connectivity index (χ0v) is 7.95. The van der Waals surface area contributed by atoms with Crippen LogP contribution in [0.25, 0.3) is 0 Å². The second-order valence-corrected chi connectivity index (χ2v) is 3.38. The maximum absolute atomic E-state index is 9.34. The van der Waals surface area contributed by atoms with E-state index in [1.54, 1.807) is 0 Å². The first kappa shape index (κ1) is 10.9. The second-order valence-electron chi connectivity index (χ2n) is 3.38. The largest absolute Gasteiger partial charge is 0.391 e. The maximum Gasteiger partial charge on any atom is 0.0785 e. The molecule has 4 nitrogen and oxygen atoms in total. The van der Waals surface area contributed by atoms with Gasteiger partial charge in [0.05, 0.1) is 18.8 Å². The van der Waals surface area contributed by atoms with Gasteiger partial charge in [-0.1, -0.05) is 0 Å². The van der Waals surface area contributed by atoms with E-state index in [1.807, 2.05) is 0 Å². The Morgan fingerprint density at radius 2 is 2.15 bits per heavy atom. The van der Waals surface area contributed by atoms with Crippen molar-refractivity contribution in [1.29, 1.82) is 0 Å². The fraction of sp³-hybridized carbons (Fsp3) is 1.00. The first-order valence-electron chi connectivity index (χ1n) is 4.90. The van der Waals surface area contributed by atoms with Crippen molar-refractivity contribution in [3.63, 3.8) is 0 Å². The molecule has 1 fully saturated rings. The van der Waals surface area contributed by atoms with E-state index >= 15 is 0 Å². The van der Waals surface area contributed by atoms with E-state index in [-0.39, 0.29) is 6.10 Å². The fourth-order valence-electron chi connectivity index (χ4n) is 1.37. The van der Waals surface area contributed by atoms with Gasteiger partial charge in [0.2, 0.25) is 0 Å². The molecule has 1 aliphatic heterocycles. The van der Waals surface area contributed by atoms with Gasteiger partial charge in [0.15, 0.2) is 0 Å². The fourth-order valence-corrected chi connectivity index (χ4v) is 1.37. The van der Waals surface area contributed by atoms with E-state index in [4.69, 9.17) is 15.2 Å². The monoisotopic (exact) mass is 189 g/mol. The van der Waals surface area contributed by atoms with Gasteiger partial charge in [-0.2, -0.15) is 0 Å². The van der Waals surface area contributed by atoms with E-state index in [1.165, 1.54) is 0 Å². The molecule has 0 radical (unpaired) electrons. The van der Waals surface area contributed by atoms with E-state index < -0.39 is 6.10 Å². The van der Waals surface area contributed by atoms with Gasteiger partial charge < -0.3 is 20.3 Å². The lowest BCUT2D eigenvalue weighted by atomic mass is 10.1. The van der Waals surface area contributed by atoms with Gasteiger partial charge in [-0.25, -0.2) is 0 Å².